The molecule has 0 aliphatic carbocycles. The summed E-state index contributed by atoms with van der Waals surface area (Å²) in [5.74, 6) is -0.879. The van der Waals surface area contributed by atoms with Crippen LogP contribution in [-0.4, -0.2) is 42.5 Å². The molecule has 0 spiro atoms. The first kappa shape index (κ1) is 23.3. The zero-order chi connectivity index (χ0) is 23.1. The molecule has 0 saturated heterocycles. The van der Waals surface area contributed by atoms with Crippen LogP contribution >= 0.6 is 11.6 Å². The van der Waals surface area contributed by atoms with Gasteiger partial charge in [-0.25, -0.2) is 14.3 Å². The lowest BCUT2D eigenvalue weighted by atomic mass is 10.1. The Labute approximate surface area is 191 Å². The molecule has 0 unspecified atom stereocenters. The van der Waals surface area contributed by atoms with Crippen LogP contribution in [0.1, 0.15) is 47.0 Å². The Morgan fingerprint density at radius 2 is 1.72 bits per heavy atom. The fourth-order valence-corrected chi connectivity index (χ4v) is 3.49. The number of ether oxygens (including phenoxy) is 3. The van der Waals surface area contributed by atoms with Crippen molar-refractivity contribution in [2.45, 2.75) is 26.2 Å². The highest BCUT2D eigenvalue weighted by molar-refractivity contribution is 6.32. The van der Waals surface area contributed by atoms with Gasteiger partial charge in [0.05, 0.1) is 31.5 Å². The number of methoxy groups -OCH3 is 2. The van der Waals surface area contributed by atoms with Gasteiger partial charge in [-0.3, -0.25) is 0 Å². The number of esters is 2. The lowest BCUT2D eigenvalue weighted by Crippen LogP contribution is -2.15. The standard InChI is InChI=1S/C24H25ClN2O5/c1-4-5-9-14-32-19-13-12-16(15-18(19)25)21-20(23(28)30-2)22(24(29)31-3)27(26-21)17-10-7-6-8-11-17/h6-8,10-13,15H,4-5,9,14H2,1-3H3. The van der Waals surface area contributed by atoms with Crippen LogP contribution in [0.4, 0.5) is 0 Å². The van der Waals surface area contributed by atoms with E-state index in [1.807, 2.05) is 6.07 Å². The summed E-state index contributed by atoms with van der Waals surface area (Å²) in [6, 6.07) is 14.1. The summed E-state index contributed by atoms with van der Waals surface area (Å²) < 4.78 is 17.0. The van der Waals surface area contributed by atoms with E-state index >= 15 is 0 Å². The minimum atomic E-state index is -0.713. The third-order valence-corrected chi connectivity index (χ3v) is 5.16. The van der Waals surface area contributed by atoms with E-state index in [2.05, 4.69) is 12.0 Å². The molecule has 3 aromatic rings. The highest BCUT2D eigenvalue weighted by atomic mass is 35.5. The number of aromatic nitrogens is 2. The maximum Gasteiger partial charge on any atom is 0.357 e. The van der Waals surface area contributed by atoms with Crippen molar-refractivity contribution in [2.24, 2.45) is 0 Å². The van der Waals surface area contributed by atoms with Gasteiger partial charge in [0, 0.05) is 5.56 Å². The van der Waals surface area contributed by atoms with E-state index in [1.54, 1.807) is 42.5 Å². The lowest BCUT2D eigenvalue weighted by Gasteiger charge is -2.09. The van der Waals surface area contributed by atoms with E-state index in [9.17, 15) is 9.59 Å². The number of carbonyl (C=O) groups is 2. The number of para-hydroxylation sites is 1. The van der Waals surface area contributed by atoms with Gasteiger partial charge < -0.3 is 14.2 Å². The molecule has 1 aromatic heterocycles. The zero-order valence-electron chi connectivity index (χ0n) is 18.3. The molecule has 0 aliphatic rings. The first-order valence-electron chi connectivity index (χ1n) is 10.3. The topological polar surface area (TPSA) is 79.7 Å². The van der Waals surface area contributed by atoms with Crippen molar-refractivity contribution in [1.82, 2.24) is 9.78 Å². The van der Waals surface area contributed by atoms with Gasteiger partial charge in [-0.15, -0.1) is 0 Å². The Kier molecular flexibility index (Phi) is 7.89. The number of hydrogen-bond donors (Lipinski definition) is 0. The van der Waals surface area contributed by atoms with Crippen molar-refractivity contribution in [1.29, 1.82) is 0 Å². The normalized spacial score (nSPS) is 10.6. The summed E-state index contributed by atoms with van der Waals surface area (Å²) in [4.78, 5) is 25.4. The maximum absolute atomic E-state index is 12.7. The molecule has 7 nitrogen and oxygen atoms in total. The second kappa shape index (κ2) is 10.8. The number of nitrogens with zero attached hydrogens (tertiary/aromatic N) is 2. The van der Waals surface area contributed by atoms with Crippen molar-refractivity contribution in [3.05, 3.63) is 64.8 Å². The van der Waals surface area contributed by atoms with Crippen LogP contribution < -0.4 is 4.74 Å². The molecule has 0 bridgehead atoms. The van der Waals surface area contributed by atoms with E-state index in [0.717, 1.165) is 19.3 Å². The summed E-state index contributed by atoms with van der Waals surface area (Å²) >= 11 is 6.44. The van der Waals surface area contributed by atoms with Crippen molar-refractivity contribution >= 4 is 23.5 Å². The van der Waals surface area contributed by atoms with Gasteiger partial charge in [-0.2, -0.15) is 5.10 Å². The Bertz CT molecular complexity index is 1100. The molecule has 0 N–H and O–H groups in total. The SMILES string of the molecule is CCCCCOc1ccc(-c2nn(-c3ccccc3)c(C(=O)OC)c2C(=O)OC)cc1Cl. The smallest absolute Gasteiger partial charge is 0.357 e. The highest BCUT2D eigenvalue weighted by Crippen LogP contribution is 2.34. The predicted molar refractivity (Wildman–Crippen MR) is 122 cm³/mol. The van der Waals surface area contributed by atoms with Crippen LogP contribution in [0.5, 0.6) is 5.75 Å². The van der Waals surface area contributed by atoms with E-state index in [4.69, 9.17) is 25.8 Å². The molecule has 0 amide bonds. The van der Waals surface area contributed by atoms with Crippen LogP contribution in [-0.2, 0) is 9.47 Å². The summed E-state index contributed by atoms with van der Waals surface area (Å²) in [5, 5.41) is 4.94. The molecule has 2 aromatic carbocycles. The van der Waals surface area contributed by atoms with Crippen LogP contribution in [0.3, 0.4) is 0 Å². The van der Waals surface area contributed by atoms with Gasteiger partial charge in [-0.1, -0.05) is 49.6 Å². The largest absolute Gasteiger partial charge is 0.492 e. The summed E-state index contributed by atoms with van der Waals surface area (Å²) in [7, 11) is 2.49. The van der Waals surface area contributed by atoms with Crippen molar-refractivity contribution in [3.8, 4) is 22.7 Å². The van der Waals surface area contributed by atoms with E-state index in [1.165, 1.54) is 18.9 Å². The summed E-state index contributed by atoms with van der Waals surface area (Å²) in [6.07, 6.45) is 3.11. The second-order valence-electron chi connectivity index (χ2n) is 7.00. The Morgan fingerprint density at radius 1 is 1.00 bits per heavy atom. The number of hydrogen-bond acceptors (Lipinski definition) is 6. The second-order valence-corrected chi connectivity index (χ2v) is 7.41. The van der Waals surface area contributed by atoms with E-state index in [0.29, 0.717) is 28.6 Å². The molecule has 0 aliphatic heterocycles. The molecule has 0 atom stereocenters. The first-order chi connectivity index (χ1) is 15.5. The monoisotopic (exact) mass is 456 g/mol. The van der Waals surface area contributed by atoms with Crippen molar-refractivity contribution < 1.29 is 23.8 Å². The number of rotatable bonds is 9. The minimum Gasteiger partial charge on any atom is -0.492 e. The third kappa shape index (κ3) is 4.94. The summed E-state index contributed by atoms with van der Waals surface area (Å²) in [6.45, 7) is 2.69. The van der Waals surface area contributed by atoms with Gasteiger partial charge in [-0.05, 0) is 36.8 Å². The molecule has 32 heavy (non-hydrogen) atoms. The summed E-state index contributed by atoms with van der Waals surface area (Å²) in [5.41, 5.74) is 1.34. The number of carbonyl (C=O) groups excluding carboxylic acids is 2. The quantitative estimate of drug-likeness (QED) is 0.319. The van der Waals surface area contributed by atoms with Crippen molar-refractivity contribution in [3.63, 3.8) is 0 Å². The maximum atomic E-state index is 12.7. The van der Waals surface area contributed by atoms with Crippen LogP contribution in [0.15, 0.2) is 48.5 Å². The Hall–Kier alpha value is -3.32. The van der Waals surface area contributed by atoms with Crippen molar-refractivity contribution in [2.75, 3.05) is 20.8 Å². The van der Waals surface area contributed by atoms with Gasteiger partial charge >= 0.3 is 11.9 Å². The first-order valence-corrected chi connectivity index (χ1v) is 10.7. The average Bonchev–Trinajstić information content (AvgIpc) is 3.23. The lowest BCUT2D eigenvalue weighted by molar-refractivity contribution is 0.0549. The van der Waals surface area contributed by atoms with Crippen LogP contribution in [0.25, 0.3) is 16.9 Å². The zero-order valence-corrected chi connectivity index (χ0v) is 19.0. The third-order valence-electron chi connectivity index (χ3n) is 4.87. The average molecular weight is 457 g/mol. The molecule has 0 radical (unpaired) electrons. The van der Waals surface area contributed by atoms with Gasteiger partial charge in [0.2, 0.25) is 0 Å². The molecule has 0 saturated carbocycles. The van der Waals surface area contributed by atoms with E-state index < -0.39 is 11.9 Å². The van der Waals surface area contributed by atoms with Crippen LogP contribution in [0.2, 0.25) is 5.02 Å². The fraction of sp³-hybridized carbons (Fsp3) is 0.292. The van der Waals surface area contributed by atoms with E-state index in [-0.39, 0.29) is 17.0 Å². The Morgan fingerprint density at radius 3 is 2.34 bits per heavy atom. The molecule has 168 valence electrons. The highest BCUT2D eigenvalue weighted by Gasteiger charge is 2.31. The number of unbranched alkanes of at least 4 members (excludes halogenated alkanes) is 2. The molecule has 8 heteroatoms. The molecular weight excluding hydrogens is 432 g/mol. The fourth-order valence-electron chi connectivity index (χ4n) is 3.26. The van der Waals surface area contributed by atoms with Gasteiger partial charge in [0.1, 0.15) is 17.0 Å². The minimum absolute atomic E-state index is 0.00381. The van der Waals surface area contributed by atoms with Gasteiger partial charge in [0.15, 0.2) is 5.69 Å². The molecule has 0 fully saturated rings. The molecule has 3 rings (SSSR count). The molecular formula is C24H25ClN2O5. The predicted octanol–water partition coefficient (Wildman–Crippen LogP) is 5.33. The van der Waals surface area contributed by atoms with Gasteiger partial charge in [0.25, 0.3) is 0 Å². The van der Waals surface area contributed by atoms with Crippen LogP contribution in [0, 0.1) is 0 Å². The number of halogens is 1. The number of benzene rings is 2. The Balaban J connectivity index is 2.11. The molecule has 1 heterocycles.